The predicted octanol–water partition coefficient (Wildman–Crippen LogP) is -2.39. The molecule has 1 aromatic rings. The van der Waals surface area contributed by atoms with Crippen molar-refractivity contribution in [2.45, 2.75) is 49.3 Å². The number of aliphatic hydroxyl groups excluding tert-OH is 4. The van der Waals surface area contributed by atoms with Gasteiger partial charge in [0, 0.05) is 6.42 Å². The first-order valence-corrected chi connectivity index (χ1v) is 7.80. The zero-order valence-electron chi connectivity index (χ0n) is 13.4. The molecule has 2 unspecified atom stereocenters. The summed E-state index contributed by atoms with van der Waals surface area (Å²) in [5, 5.41) is 48.8. The Kier molecular flexibility index (Phi) is 6.47. The number of hydrogen-bond donors (Lipinski definition) is 6. The molecule has 0 bridgehead atoms. The van der Waals surface area contributed by atoms with E-state index in [1.807, 2.05) is 0 Å². The van der Waals surface area contributed by atoms with Crippen LogP contribution in [0.15, 0.2) is 30.3 Å². The van der Waals surface area contributed by atoms with Crippen LogP contribution in [0.4, 0.5) is 0 Å². The zero-order chi connectivity index (χ0) is 18.6. The molecule has 0 aromatic heterocycles. The molecule has 2 rings (SSSR count). The molecule has 1 heterocycles. The van der Waals surface area contributed by atoms with Crippen molar-refractivity contribution >= 4 is 5.97 Å². The number of benzene rings is 1. The molecule has 1 aromatic carbocycles. The number of carbonyl (C=O) groups is 1. The van der Waals surface area contributed by atoms with Gasteiger partial charge in [0.25, 0.3) is 5.79 Å². The van der Waals surface area contributed by atoms with E-state index in [2.05, 4.69) is 0 Å². The minimum Gasteiger partial charge on any atom is -0.457 e. The summed E-state index contributed by atoms with van der Waals surface area (Å²) in [5.74, 6) is -3.69. The third-order valence-corrected chi connectivity index (χ3v) is 4.09. The Hall–Kier alpha value is -1.59. The first-order chi connectivity index (χ1) is 11.8. The number of aliphatic hydroxyl groups is 5. The van der Waals surface area contributed by atoms with Crippen LogP contribution in [0.5, 0.6) is 0 Å². The first kappa shape index (κ1) is 19.7. The quantitative estimate of drug-likeness (QED) is 0.305. The normalized spacial score (nSPS) is 32.0. The van der Waals surface area contributed by atoms with Crippen molar-refractivity contribution in [3.63, 3.8) is 0 Å². The molecule has 7 N–H and O–H groups in total. The van der Waals surface area contributed by atoms with Crippen LogP contribution in [0.1, 0.15) is 12.0 Å². The summed E-state index contributed by atoms with van der Waals surface area (Å²) in [5.41, 5.74) is 6.39. The van der Waals surface area contributed by atoms with Crippen molar-refractivity contribution in [3.05, 3.63) is 35.9 Å². The fourth-order valence-corrected chi connectivity index (χ4v) is 2.58. The third-order valence-electron chi connectivity index (χ3n) is 4.09. The van der Waals surface area contributed by atoms with Gasteiger partial charge in [-0.15, -0.1) is 0 Å². The molecule has 1 aliphatic heterocycles. The maximum atomic E-state index is 12.2. The Morgan fingerprint density at radius 1 is 1.36 bits per heavy atom. The molecule has 0 spiro atoms. The molecule has 0 amide bonds. The molecule has 9 nitrogen and oxygen atoms in total. The lowest BCUT2D eigenvalue weighted by Gasteiger charge is -2.43. The number of hydrogen-bond acceptors (Lipinski definition) is 9. The smallest absolute Gasteiger partial charge is 0.367 e. The average Bonchev–Trinajstić information content (AvgIpc) is 2.62. The lowest BCUT2D eigenvalue weighted by Crippen LogP contribution is -2.65. The van der Waals surface area contributed by atoms with Gasteiger partial charge in [-0.3, -0.25) is 0 Å². The Balaban J connectivity index is 2.08. The molecule has 1 fully saturated rings. The highest BCUT2D eigenvalue weighted by atomic mass is 16.7. The van der Waals surface area contributed by atoms with Gasteiger partial charge in [0.05, 0.1) is 18.8 Å². The number of nitrogens with two attached hydrogens (primary N) is 1. The minimum absolute atomic E-state index is 0.125. The number of rotatable bonds is 6. The number of ether oxygens (including phenoxy) is 2. The van der Waals surface area contributed by atoms with Crippen LogP contribution < -0.4 is 5.73 Å². The highest BCUT2D eigenvalue weighted by molar-refractivity contribution is 5.77. The van der Waals surface area contributed by atoms with E-state index in [9.17, 15) is 25.2 Å². The summed E-state index contributed by atoms with van der Waals surface area (Å²) in [4.78, 5) is 12.2. The lowest BCUT2D eigenvalue weighted by atomic mass is 9.89. The maximum Gasteiger partial charge on any atom is 0.367 e. The summed E-state index contributed by atoms with van der Waals surface area (Å²) in [7, 11) is 0. The molecule has 0 aliphatic carbocycles. The topological polar surface area (TPSA) is 163 Å². The summed E-state index contributed by atoms with van der Waals surface area (Å²) in [6.45, 7) is -0.916. The fraction of sp³-hybridized carbons (Fsp3) is 0.562. The molecule has 1 aliphatic rings. The minimum atomic E-state index is -2.54. The standard InChI is InChI=1S/C16H23NO8/c17-12-10(19)6-16(23,25-14(12)13(21)11(20)7-18)15(22)24-8-9-4-2-1-3-5-9/h1-5,10-14,18-21,23H,6-8,17H2/t10-,11?,12-,13-,14?,16-/m1/s1. The van der Waals surface area contributed by atoms with Gasteiger partial charge >= 0.3 is 5.97 Å². The Labute approximate surface area is 144 Å². The second-order valence-electron chi connectivity index (χ2n) is 6.02. The van der Waals surface area contributed by atoms with E-state index in [0.29, 0.717) is 5.56 Å². The van der Waals surface area contributed by atoms with Crippen LogP contribution in [0, 0.1) is 0 Å². The summed E-state index contributed by atoms with van der Waals surface area (Å²) in [6.07, 6.45) is -6.77. The predicted molar refractivity (Wildman–Crippen MR) is 83.8 cm³/mol. The second-order valence-corrected chi connectivity index (χ2v) is 6.02. The third kappa shape index (κ3) is 4.53. The van der Waals surface area contributed by atoms with Crippen molar-refractivity contribution < 1.29 is 39.8 Å². The second kappa shape index (κ2) is 8.19. The SMILES string of the molecule is N[C@H]1C([C@H](O)C(O)CO)O[C@@](O)(C(=O)OCc2ccccc2)C[C@H]1O. The largest absolute Gasteiger partial charge is 0.457 e. The van der Waals surface area contributed by atoms with Crippen LogP contribution in [-0.4, -0.2) is 74.4 Å². The molecular formula is C16H23NO8. The van der Waals surface area contributed by atoms with E-state index < -0.39 is 55.2 Å². The van der Waals surface area contributed by atoms with E-state index >= 15 is 0 Å². The van der Waals surface area contributed by atoms with Crippen LogP contribution >= 0.6 is 0 Å². The average molecular weight is 357 g/mol. The summed E-state index contributed by atoms with van der Waals surface area (Å²) >= 11 is 0. The van der Waals surface area contributed by atoms with E-state index in [1.165, 1.54) is 0 Å². The Morgan fingerprint density at radius 2 is 2.00 bits per heavy atom. The van der Waals surface area contributed by atoms with Crippen LogP contribution in [0.2, 0.25) is 0 Å². The van der Waals surface area contributed by atoms with Gasteiger partial charge in [0.15, 0.2) is 0 Å². The Morgan fingerprint density at radius 3 is 2.60 bits per heavy atom. The molecule has 0 saturated carbocycles. The van der Waals surface area contributed by atoms with Gasteiger partial charge in [0.1, 0.15) is 24.9 Å². The van der Waals surface area contributed by atoms with Crippen molar-refractivity contribution in [3.8, 4) is 0 Å². The lowest BCUT2D eigenvalue weighted by molar-refractivity contribution is -0.295. The molecule has 1 saturated heterocycles. The molecule has 0 radical (unpaired) electrons. The van der Waals surface area contributed by atoms with Crippen molar-refractivity contribution in [2.75, 3.05) is 6.61 Å². The molecule has 9 heteroatoms. The first-order valence-electron chi connectivity index (χ1n) is 7.80. The highest BCUT2D eigenvalue weighted by Gasteiger charge is 2.53. The van der Waals surface area contributed by atoms with Crippen molar-refractivity contribution in [2.24, 2.45) is 5.73 Å². The van der Waals surface area contributed by atoms with E-state index in [1.54, 1.807) is 30.3 Å². The van der Waals surface area contributed by atoms with Gasteiger partial charge in [-0.2, -0.15) is 0 Å². The molecule has 6 atom stereocenters. The van der Waals surface area contributed by atoms with Crippen LogP contribution in [0.3, 0.4) is 0 Å². The molecule has 25 heavy (non-hydrogen) atoms. The van der Waals surface area contributed by atoms with Crippen molar-refractivity contribution in [1.82, 2.24) is 0 Å². The highest BCUT2D eigenvalue weighted by Crippen LogP contribution is 2.30. The number of esters is 1. The monoisotopic (exact) mass is 357 g/mol. The number of carbonyl (C=O) groups excluding carboxylic acids is 1. The summed E-state index contributed by atoms with van der Waals surface area (Å²) in [6, 6.07) is 7.54. The van der Waals surface area contributed by atoms with Gasteiger partial charge < -0.3 is 40.7 Å². The molecular weight excluding hydrogens is 334 g/mol. The zero-order valence-corrected chi connectivity index (χ0v) is 13.4. The van der Waals surface area contributed by atoms with E-state index in [4.69, 9.17) is 20.3 Å². The van der Waals surface area contributed by atoms with Gasteiger partial charge in [-0.25, -0.2) is 4.79 Å². The fourth-order valence-electron chi connectivity index (χ4n) is 2.58. The summed E-state index contributed by atoms with van der Waals surface area (Å²) < 4.78 is 10.2. The van der Waals surface area contributed by atoms with Crippen molar-refractivity contribution in [1.29, 1.82) is 0 Å². The van der Waals surface area contributed by atoms with Gasteiger partial charge in [-0.1, -0.05) is 30.3 Å². The van der Waals surface area contributed by atoms with E-state index in [0.717, 1.165) is 0 Å². The van der Waals surface area contributed by atoms with Gasteiger partial charge in [-0.05, 0) is 5.56 Å². The maximum absolute atomic E-state index is 12.2. The van der Waals surface area contributed by atoms with E-state index in [-0.39, 0.29) is 6.61 Å². The van der Waals surface area contributed by atoms with Gasteiger partial charge in [0.2, 0.25) is 0 Å². The van der Waals surface area contributed by atoms with Crippen LogP contribution in [0.25, 0.3) is 0 Å². The molecule has 140 valence electrons. The Bertz CT molecular complexity index is 571. The van der Waals surface area contributed by atoms with Crippen LogP contribution in [-0.2, 0) is 20.9 Å².